The molecule has 0 aliphatic carbocycles. The van der Waals surface area contributed by atoms with Crippen molar-refractivity contribution in [3.8, 4) is 0 Å². The number of hydrogen-bond acceptors (Lipinski definition) is 2. The summed E-state index contributed by atoms with van der Waals surface area (Å²) in [6, 6.07) is 0. The Bertz CT molecular complexity index is 318. The molecular weight excluding hydrogens is 178 g/mol. The third-order valence-corrected chi connectivity index (χ3v) is 1.49. The number of nitrogens with one attached hydrogen (secondary N) is 1. The molecular formula is C7H8ClN3O. The number of rotatable bonds is 2. The van der Waals surface area contributed by atoms with Crippen molar-refractivity contribution in [3.63, 3.8) is 0 Å². The van der Waals surface area contributed by atoms with Gasteiger partial charge in [0, 0.05) is 13.2 Å². The smallest absolute Gasteiger partial charge is 0.249 e. The molecule has 1 rings (SSSR count). The second-order valence-corrected chi connectivity index (χ2v) is 2.60. The molecule has 0 radical (unpaired) electrons. The van der Waals surface area contributed by atoms with Crippen molar-refractivity contribution in [1.29, 1.82) is 0 Å². The van der Waals surface area contributed by atoms with Gasteiger partial charge in [-0.05, 0) is 6.08 Å². The molecule has 0 spiro atoms. The first kappa shape index (κ1) is 8.80. The molecule has 1 N–H and O–H groups in total. The van der Waals surface area contributed by atoms with Crippen molar-refractivity contribution < 1.29 is 4.79 Å². The lowest BCUT2D eigenvalue weighted by Gasteiger charge is -1.95. The average Bonchev–Trinajstić information content (AvgIpc) is 2.30. The van der Waals surface area contributed by atoms with Crippen LogP contribution in [-0.4, -0.2) is 15.7 Å². The maximum Gasteiger partial charge on any atom is 0.249 e. The number of carbonyl (C=O) groups is 1. The summed E-state index contributed by atoms with van der Waals surface area (Å²) in [7, 11) is 1.72. The third-order valence-electron chi connectivity index (χ3n) is 1.21. The van der Waals surface area contributed by atoms with Gasteiger partial charge < -0.3 is 5.32 Å². The molecule has 1 aromatic heterocycles. The van der Waals surface area contributed by atoms with E-state index in [9.17, 15) is 4.79 Å². The molecule has 1 amide bonds. The van der Waals surface area contributed by atoms with Crippen molar-refractivity contribution in [1.82, 2.24) is 9.78 Å². The lowest BCUT2D eigenvalue weighted by molar-refractivity contribution is -0.111. The van der Waals surface area contributed by atoms with Crippen LogP contribution in [0.15, 0.2) is 18.9 Å². The topological polar surface area (TPSA) is 46.9 Å². The maximum absolute atomic E-state index is 10.8. The van der Waals surface area contributed by atoms with Gasteiger partial charge >= 0.3 is 0 Å². The molecule has 0 saturated carbocycles. The Kier molecular flexibility index (Phi) is 2.50. The second kappa shape index (κ2) is 3.40. The first-order chi connectivity index (χ1) is 5.63. The SMILES string of the molecule is C=CC(=O)Nc1nn(C)cc1Cl. The Balaban J connectivity index is 2.81. The minimum absolute atomic E-state index is 0.324. The van der Waals surface area contributed by atoms with E-state index in [0.29, 0.717) is 10.8 Å². The maximum atomic E-state index is 10.8. The van der Waals surface area contributed by atoms with Gasteiger partial charge in [-0.3, -0.25) is 9.48 Å². The van der Waals surface area contributed by atoms with Crippen LogP contribution in [0, 0.1) is 0 Å². The summed E-state index contributed by atoms with van der Waals surface area (Å²) in [5.74, 6) is 0.0275. The summed E-state index contributed by atoms with van der Waals surface area (Å²) < 4.78 is 1.51. The van der Waals surface area contributed by atoms with Gasteiger partial charge in [0.25, 0.3) is 0 Å². The molecule has 64 valence electrons. The van der Waals surface area contributed by atoms with Gasteiger partial charge in [-0.1, -0.05) is 18.2 Å². The minimum Gasteiger partial charge on any atom is -0.304 e. The Morgan fingerprint density at radius 3 is 3.00 bits per heavy atom. The fraction of sp³-hybridized carbons (Fsp3) is 0.143. The van der Waals surface area contributed by atoms with E-state index in [-0.39, 0.29) is 5.91 Å². The largest absolute Gasteiger partial charge is 0.304 e. The fourth-order valence-corrected chi connectivity index (χ4v) is 0.938. The van der Waals surface area contributed by atoms with E-state index in [4.69, 9.17) is 11.6 Å². The Labute approximate surface area is 74.8 Å². The van der Waals surface area contributed by atoms with Gasteiger partial charge in [0.1, 0.15) is 5.02 Å². The molecule has 1 aromatic rings. The van der Waals surface area contributed by atoms with E-state index in [1.54, 1.807) is 13.2 Å². The quantitative estimate of drug-likeness (QED) is 0.704. The van der Waals surface area contributed by atoms with Crippen LogP contribution < -0.4 is 5.32 Å². The predicted octanol–water partition coefficient (Wildman–Crippen LogP) is 1.20. The van der Waals surface area contributed by atoms with E-state index in [0.717, 1.165) is 6.08 Å². The summed E-state index contributed by atoms with van der Waals surface area (Å²) in [5, 5.41) is 6.77. The van der Waals surface area contributed by atoms with Crippen molar-refractivity contribution in [3.05, 3.63) is 23.9 Å². The van der Waals surface area contributed by atoms with Gasteiger partial charge in [-0.25, -0.2) is 0 Å². The Hall–Kier alpha value is -1.29. The molecule has 0 saturated heterocycles. The van der Waals surface area contributed by atoms with Crippen molar-refractivity contribution in [2.45, 2.75) is 0 Å². The molecule has 5 heteroatoms. The number of halogens is 1. The zero-order valence-electron chi connectivity index (χ0n) is 6.54. The average molecular weight is 186 g/mol. The van der Waals surface area contributed by atoms with Gasteiger partial charge in [0.2, 0.25) is 5.91 Å². The summed E-state index contributed by atoms with van der Waals surface area (Å²) in [6.07, 6.45) is 2.76. The van der Waals surface area contributed by atoms with E-state index in [1.165, 1.54) is 4.68 Å². The molecule has 12 heavy (non-hydrogen) atoms. The Morgan fingerprint density at radius 1 is 1.92 bits per heavy atom. The monoisotopic (exact) mass is 185 g/mol. The lowest BCUT2D eigenvalue weighted by atomic mass is 10.5. The molecule has 0 fully saturated rings. The number of aryl methyl sites for hydroxylation is 1. The molecule has 0 aliphatic rings. The minimum atomic E-state index is -0.324. The number of anilines is 1. The second-order valence-electron chi connectivity index (χ2n) is 2.19. The van der Waals surface area contributed by atoms with Crippen LogP contribution in [-0.2, 0) is 11.8 Å². The lowest BCUT2D eigenvalue weighted by Crippen LogP contribution is -2.08. The molecule has 0 aliphatic heterocycles. The van der Waals surface area contributed by atoms with E-state index < -0.39 is 0 Å². The number of hydrogen-bond donors (Lipinski definition) is 1. The highest BCUT2D eigenvalue weighted by Crippen LogP contribution is 2.17. The third kappa shape index (κ3) is 1.85. The molecule has 4 nitrogen and oxygen atoms in total. The first-order valence-electron chi connectivity index (χ1n) is 3.26. The van der Waals surface area contributed by atoms with Crippen LogP contribution in [0.4, 0.5) is 5.82 Å². The van der Waals surface area contributed by atoms with Gasteiger partial charge in [-0.2, -0.15) is 5.10 Å². The molecule has 1 heterocycles. The van der Waals surface area contributed by atoms with Crippen LogP contribution in [0.5, 0.6) is 0 Å². The van der Waals surface area contributed by atoms with Crippen molar-refractivity contribution in [2.24, 2.45) is 7.05 Å². The molecule has 0 bridgehead atoms. The van der Waals surface area contributed by atoms with Gasteiger partial charge in [0.15, 0.2) is 5.82 Å². The number of carbonyl (C=O) groups excluding carboxylic acids is 1. The van der Waals surface area contributed by atoms with Crippen molar-refractivity contribution >= 4 is 23.3 Å². The normalized spacial score (nSPS) is 9.50. The summed E-state index contributed by atoms with van der Waals surface area (Å²) in [6.45, 7) is 3.30. The van der Waals surface area contributed by atoms with Crippen LogP contribution in [0.25, 0.3) is 0 Å². The zero-order chi connectivity index (χ0) is 9.14. The predicted molar refractivity (Wildman–Crippen MR) is 47.0 cm³/mol. The number of aromatic nitrogens is 2. The summed E-state index contributed by atoms with van der Waals surface area (Å²) in [5.41, 5.74) is 0. The fourth-order valence-electron chi connectivity index (χ4n) is 0.712. The highest BCUT2D eigenvalue weighted by molar-refractivity contribution is 6.33. The molecule has 0 atom stereocenters. The van der Waals surface area contributed by atoms with E-state index >= 15 is 0 Å². The zero-order valence-corrected chi connectivity index (χ0v) is 7.30. The number of nitrogens with zero attached hydrogens (tertiary/aromatic N) is 2. The summed E-state index contributed by atoms with van der Waals surface area (Å²) >= 11 is 5.71. The summed E-state index contributed by atoms with van der Waals surface area (Å²) in [4.78, 5) is 10.8. The highest BCUT2D eigenvalue weighted by Gasteiger charge is 2.05. The van der Waals surface area contributed by atoms with Crippen LogP contribution in [0.1, 0.15) is 0 Å². The molecule has 0 aromatic carbocycles. The highest BCUT2D eigenvalue weighted by atomic mass is 35.5. The van der Waals surface area contributed by atoms with E-state index in [1.807, 2.05) is 0 Å². The van der Waals surface area contributed by atoms with Crippen LogP contribution >= 0.6 is 11.6 Å². The molecule has 0 unspecified atom stereocenters. The van der Waals surface area contributed by atoms with Gasteiger partial charge in [-0.15, -0.1) is 0 Å². The van der Waals surface area contributed by atoms with Crippen LogP contribution in [0.2, 0.25) is 5.02 Å². The van der Waals surface area contributed by atoms with E-state index in [2.05, 4.69) is 17.0 Å². The van der Waals surface area contributed by atoms with Crippen LogP contribution in [0.3, 0.4) is 0 Å². The van der Waals surface area contributed by atoms with Crippen molar-refractivity contribution in [2.75, 3.05) is 5.32 Å². The standard InChI is InChI=1S/C7H8ClN3O/c1-3-6(12)9-7-5(8)4-11(2)10-7/h3-4H,1H2,2H3,(H,9,10,12). The Morgan fingerprint density at radius 2 is 2.58 bits per heavy atom. The van der Waals surface area contributed by atoms with Gasteiger partial charge in [0.05, 0.1) is 0 Å². The number of amides is 1. The first-order valence-corrected chi connectivity index (χ1v) is 3.64.